The van der Waals surface area contributed by atoms with E-state index in [0.29, 0.717) is 12.5 Å². The van der Waals surface area contributed by atoms with Crippen molar-refractivity contribution >= 4 is 5.97 Å². The van der Waals surface area contributed by atoms with Gasteiger partial charge in [0.05, 0.1) is 6.61 Å². The molecule has 0 rings (SSSR count). The van der Waals surface area contributed by atoms with Crippen molar-refractivity contribution in [3.63, 3.8) is 0 Å². The Labute approximate surface area is 74.6 Å². The van der Waals surface area contributed by atoms with Gasteiger partial charge in [0, 0.05) is 6.08 Å². The molecule has 0 fully saturated rings. The normalized spacial score (nSPS) is 11.0. The molecule has 0 radical (unpaired) electrons. The Bertz CT molecular complexity index is 148. The maximum atomic E-state index is 10.9. The molecule has 0 saturated carbocycles. The lowest BCUT2D eigenvalue weighted by molar-refractivity contribution is -0.137. The fraction of sp³-hybridized carbons (Fsp3) is 0.700. The van der Waals surface area contributed by atoms with Gasteiger partial charge in [0.2, 0.25) is 0 Å². The Hall–Kier alpha value is -0.790. The van der Waals surface area contributed by atoms with Crippen LogP contribution in [0.5, 0.6) is 0 Å². The molecule has 0 aliphatic carbocycles. The Morgan fingerprint density at radius 2 is 2.17 bits per heavy atom. The van der Waals surface area contributed by atoms with E-state index in [4.69, 9.17) is 4.74 Å². The first kappa shape index (κ1) is 11.2. The highest BCUT2D eigenvalue weighted by Gasteiger charge is 1.95. The fourth-order valence-corrected chi connectivity index (χ4v) is 0.636. The number of allylic oxidation sites excluding steroid dienone is 1. The highest BCUT2D eigenvalue weighted by atomic mass is 16.5. The molecule has 2 nitrogen and oxygen atoms in total. The minimum absolute atomic E-state index is 0.225. The first-order valence-corrected chi connectivity index (χ1v) is 4.51. The van der Waals surface area contributed by atoms with Gasteiger partial charge in [-0.05, 0) is 12.3 Å². The van der Waals surface area contributed by atoms with Crippen molar-refractivity contribution in [3.05, 3.63) is 12.2 Å². The zero-order valence-corrected chi connectivity index (χ0v) is 8.17. The molecule has 0 saturated heterocycles. The van der Waals surface area contributed by atoms with Crippen molar-refractivity contribution in [1.29, 1.82) is 0 Å². The van der Waals surface area contributed by atoms with Crippen LogP contribution >= 0.6 is 0 Å². The number of rotatable bonds is 5. The van der Waals surface area contributed by atoms with Gasteiger partial charge in [-0.25, -0.2) is 4.79 Å². The highest BCUT2D eigenvalue weighted by molar-refractivity contribution is 5.81. The zero-order valence-electron chi connectivity index (χ0n) is 8.17. The van der Waals surface area contributed by atoms with Gasteiger partial charge in [-0.1, -0.05) is 33.3 Å². The van der Waals surface area contributed by atoms with E-state index in [0.717, 1.165) is 12.8 Å². The van der Waals surface area contributed by atoms with Gasteiger partial charge in [0.25, 0.3) is 0 Å². The van der Waals surface area contributed by atoms with Gasteiger partial charge < -0.3 is 4.74 Å². The van der Waals surface area contributed by atoms with Crippen LogP contribution in [0, 0.1) is 5.92 Å². The first-order chi connectivity index (χ1) is 5.66. The summed E-state index contributed by atoms with van der Waals surface area (Å²) in [5.74, 6) is 0.181. The molecule has 0 N–H and O–H groups in total. The van der Waals surface area contributed by atoms with E-state index in [1.807, 2.05) is 19.9 Å². The monoisotopic (exact) mass is 170 g/mol. The molecule has 0 aromatic rings. The number of carbonyl (C=O) groups is 1. The topological polar surface area (TPSA) is 26.3 Å². The molecule has 0 unspecified atom stereocenters. The van der Waals surface area contributed by atoms with Crippen LogP contribution in [-0.2, 0) is 9.53 Å². The molecule has 0 aromatic carbocycles. The molecule has 0 aromatic heterocycles. The Kier molecular flexibility index (Phi) is 6.44. The summed E-state index contributed by atoms with van der Waals surface area (Å²) in [6.07, 6.45) is 5.34. The first-order valence-electron chi connectivity index (χ1n) is 4.51. The van der Waals surface area contributed by atoms with E-state index >= 15 is 0 Å². The SMILES string of the molecule is CCCCOC(=O)C=CC(C)C. The van der Waals surface area contributed by atoms with Crippen LogP contribution in [0.4, 0.5) is 0 Å². The van der Waals surface area contributed by atoms with E-state index in [9.17, 15) is 4.79 Å². The number of unbranched alkanes of at least 4 members (excludes halogenated alkanes) is 1. The van der Waals surface area contributed by atoms with E-state index in [2.05, 4.69) is 6.92 Å². The second kappa shape index (κ2) is 6.89. The fourth-order valence-electron chi connectivity index (χ4n) is 0.636. The molecule has 0 aliphatic rings. The Morgan fingerprint density at radius 1 is 1.50 bits per heavy atom. The van der Waals surface area contributed by atoms with Crippen molar-refractivity contribution in [2.24, 2.45) is 5.92 Å². The van der Waals surface area contributed by atoms with Crippen LogP contribution in [0.1, 0.15) is 33.6 Å². The number of carbonyl (C=O) groups excluding carboxylic acids is 1. The average Bonchev–Trinajstić information content (AvgIpc) is 2.01. The zero-order chi connectivity index (χ0) is 9.40. The lowest BCUT2D eigenvalue weighted by Gasteiger charge is -1.99. The van der Waals surface area contributed by atoms with E-state index < -0.39 is 0 Å². The summed E-state index contributed by atoms with van der Waals surface area (Å²) in [6.45, 7) is 6.65. The number of esters is 1. The molecular weight excluding hydrogens is 152 g/mol. The smallest absolute Gasteiger partial charge is 0.330 e. The summed E-state index contributed by atoms with van der Waals surface area (Å²) in [5, 5.41) is 0. The van der Waals surface area contributed by atoms with E-state index in [1.165, 1.54) is 6.08 Å². The number of hydrogen-bond acceptors (Lipinski definition) is 2. The summed E-state index contributed by atoms with van der Waals surface area (Å²) in [7, 11) is 0. The van der Waals surface area contributed by atoms with Gasteiger partial charge in [-0.2, -0.15) is 0 Å². The van der Waals surface area contributed by atoms with Gasteiger partial charge in [0.1, 0.15) is 0 Å². The van der Waals surface area contributed by atoms with Crippen molar-refractivity contribution in [2.75, 3.05) is 6.61 Å². The molecule has 0 bridgehead atoms. The van der Waals surface area contributed by atoms with Crippen molar-refractivity contribution in [3.8, 4) is 0 Å². The second-order valence-electron chi connectivity index (χ2n) is 3.12. The van der Waals surface area contributed by atoms with Gasteiger partial charge in [-0.3, -0.25) is 0 Å². The summed E-state index contributed by atoms with van der Waals surface area (Å²) >= 11 is 0. The van der Waals surface area contributed by atoms with Crippen LogP contribution in [0.3, 0.4) is 0 Å². The Morgan fingerprint density at radius 3 is 2.67 bits per heavy atom. The third kappa shape index (κ3) is 7.32. The summed E-state index contributed by atoms with van der Waals surface area (Å²) < 4.78 is 4.91. The molecule has 12 heavy (non-hydrogen) atoms. The minimum Gasteiger partial charge on any atom is -0.463 e. The average molecular weight is 170 g/mol. The van der Waals surface area contributed by atoms with Crippen molar-refractivity contribution in [1.82, 2.24) is 0 Å². The molecule has 70 valence electrons. The molecular formula is C10H18O2. The number of ether oxygens (including phenoxy) is 1. The van der Waals surface area contributed by atoms with Crippen molar-refractivity contribution < 1.29 is 9.53 Å². The van der Waals surface area contributed by atoms with E-state index in [1.54, 1.807) is 0 Å². The van der Waals surface area contributed by atoms with Gasteiger partial charge in [0.15, 0.2) is 0 Å². The van der Waals surface area contributed by atoms with E-state index in [-0.39, 0.29) is 5.97 Å². The van der Waals surface area contributed by atoms with Crippen molar-refractivity contribution in [2.45, 2.75) is 33.6 Å². The maximum Gasteiger partial charge on any atom is 0.330 e. The quantitative estimate of drug-likeness (QED) is 0.360. The molecule has 0 amide bonds. The van der Waals surface area contributed by atoms with Crippen LogP contribution in [-0.4, -0.2) is 12.6 Å². The maximum absolute atomic E-state index is 10.9. The van der Waals surface area contributed by atoms with Gasteiger partial charge >= 0.3 is 5.97 Å². The third-order valence-corrected chi connectivity index (χ3v) is 1.36. The summed E-state index contributed by atoms with van der Waals surface area (Å²) in [5.41, 5.74) is 0. The lowest BCUT2D eigenvalue weighted by atomic mass is 10.2. The molecule has 0 spiro atoms. The van der Waals surface area contributed by atoms with Gasteiger partial charge in [-0.15, -0.1) is 0 Å². The Balaban J connectivity index is 3.46. The second-order valence-corrected chi connectivity index (χ2v) is 3.12. The van der Waals surface area contributed by atoms with Crippen LogP contribution in [0.2, 0.25) is 0 Å². The van der Waals surface area contributed by atoms with Crippen LogP contribution < -0.4 is 0 Å². The lowest BCUT2D eigenvalue weighted by Crippen LogP contribution is -2.02. The molecule has 0 heterocycles. The molecule has 0 atom stereocenters. The number of hydrogen-bond donors (Lipinski definition) is 0. The minimum atomic E-state index is -0.225. The predicted molar refractivity (Wildman–Crippen MR) is 49.8 cm³/mol. The van der Waals surface area contributed by atoms with Crippen LogP contribution in [0.15, 0.2) is 12.2 Å². The van der Waals surface area contributed by atoms with Crippen LogP contribution in [0.25, 0.3) is 0 Å². The summed E-state index contributed by atoms with van der Waals surface area (Å²) in [6, 6.07) is 0. The predicted octanol–water partition coefficient (Wildman–Crippen LogP) is 2.54. The highest BCUT2D eigenvalue weighted by Crippen LogP contribution is 1.95. The standard InChI is InChI=1S/C10H18O2/c1-4-5-8-12-10(11)7-6-9(2)3/h6-7,9H,4-5,8H2,1-3H3. The largest absolute Gasteiger partial charge is 0.463 e. The third-order valence-electron chi connectivity index (χ3n) is 1.36. The summed E-state index contributed by atoms with van der Waals surface area (Å²) in [4.78, 5) is 10.9. The molecule has 2 heteroatoms. The molecule has 0 aliphatic heterocycles.